The number of ether oxygens (including phenoxy) is 1. The minimum Gasteiger partial charge on any atom is -0.484 e. The molecular formula is C25H20N2O5. The Morgan fingerprint density at radius 1 is 0.969 bits per heavy atom. The van der Waals surface area contributed by atoms with Crippen LogP contribution in [0, 0.1) is 6.92 Å². The van der Waals surface area contributed by atoms with Crippen molar-refractivity contribution in [2.24, 2.45) is 5.73 Å². The van der Waals surface area contributed by atoms with Crippen molar-refractivity contribution in [1.29, 1.82) is 0 Å². The zero-order valence-electron chi connectivity index (χ0n) is 17.3. The molecule has 3 N–H and O–H groups in total. The summed E-state index contributed by atoms with van der Waals surface area (Å²) in [6.45, 7) is 1.48. The number of nitrogens with two attached hydrogens (primary N) is 1. The quantitative estimate of drug-likeness (QED) is 0.484. The molecule has 7 nitrogen and oxygen atoms in total. The van der Waals surface area contributed by atoms with E-state index < -0.39 is 11.8 Å². The van der Waals surface area contributed by atoms with Gasteiger partial charge >= 0.3 is 0 Å². The van der Waals surface area contributed by atoms with Crippen LogP contribution in [0.15, 0.2) is 82.0 Å². The third-order valence-electron chi connectivity index (χ3n) is 4.92. The van der Waals surface area contributed by atoms with Crippen molar-refractivity contribution >= 4 is 28.5 Å². The van der Waals surface area contributed by atoms with Crippen LogP contribution in [0.5, 0.6) is 5.75 Å². The second-order valence-corrected chi connectivity index (χ2v) is 7.17. The summed E-state index contributed by atoms with van der Waals surface area (Å²) in [7, 11) is 0. The number of hydrogen-bond donors (Lipinski definition) is 2. The number of rotatable bonds is 6. The predicted molar refractivity (Wildman–Crippen MR) is 122 cm³/mol. The average molecular weight is 428 g/mol. The van der Waals surface area contributed by atoms with Crippen molar-refractivity contribution in [2.45, 2.75) is 6.92 Å². The second-order valence-electron chi connectivity index (χ2n) is 7.17. The van der Waals surface area contributed by atoms with E-state index in [1.165, 1.54) is 0 Å². The lowest BCUT2D eigenvalue weighted by Gasteiger charge is -2.11. The first-order chi connectivity index (χ1) is 15.4. The fraction of sp³-hybridized carbons (Fsp3) is 0.0800. The van der Waals surface area contributed by atoms with Crippen molar-refractivity contribution in [2.75, 3.05) is 11.9 Å². The maximum atomic E-state index is 13.0. The zero-order chi connectivity index (χ0) is 22.7. The molecule has 32 heavy (non-hydrogen) atoms. The summed E-state index contributed by atoms with van der Waals surface area (Å²) in [5, 5.41) is 3.13. The lowest BCUT2D eigenvalue weighted by molar-refractivity contribution is -0.119. The van der Waals surface area contributed by atoms with Gasteiger partial charge in [-0.25, -0.2) is 0 Å². The Bertz CT molecular complexity index is 1360. The van der Waals surface area contributed by atoms with Gasteiger partial charge in [-0.1, -0.05) is 36.4 Å². The van der Waals surface area contributed by atoms with Crippen LogP contribution in [0.1, 0.15) is 15.9 Å². The molecule has 4 rings (SSSR count). The predicted octanol–water partition coefficient (Wildman–Crippen LogP) is 3.88. The van der Waals surface area contributed by atoms with E-state index in [2.05, 4.69) is 5.32 Å². The van der Waals surface area contributed by atoms with Gasteiger partial charge in [0.15, 0.2) is 17.6 Å². The van der Waals surface area contributed by atoms with Crippen molar-refractivity contribution in [3.63, 3.8) is 0 Å². The number of para-hydroxylation sites is 1. The molecule has 0 fully saturated rings. The zero-order valence-corrected chi connectivity index (χ0v) is 17.3. The average Bonchev–Trinajstić information content (AvgIpc) is 2.81. The van der Waals surface area contributed by atoms with Crippen LogP contribution in [0.4, 0.5) is 5.69 Å². The van der Waals surface area contributed by atoms with Crippen molar-refractivity contribution in [3.05, 3.63) is 94.1 Å². The van der Waals surface area contributed by atoms with Crippen LogP contribution >= 0.6 is 0 Å². The molecule has 1 aromatic heterocycles. The topological polar surface area (TPSA) is 112 Å². The Hall–Kier alpha value is -4.39. The van der Waals surface area contributed by atoms with Crippen LogP contribution in [0.25, 0.3) is 22.3 Å². The Morgan fingerprint density at radius 3 is 2.38 bits per heavy atom. The molecule has 1 heterocycles. The van der Waals surface area contributed by atoms with E-state index in [0.29, 0.717) is 28.1 Å². The van der Waals surface area contributed by atoms with Gasteiger partial charge in [0, 0.05) is 16.8 Å². The molecule has 0 saturated carbocycles. The fourth-order valence-electron chi connectivity index (χ4n) is 3.34. The summed E-state index contributed by atoms with van der Waals surface area (Å²) in [6.07, 6.45) is 0. The molecular weight excluding hydrogens is 408 g/mol. The number of fused-ring (bicyclic) bond motifs is 1. The largest absolute Gasteiger partial charge is 0.484 e. The van der Waals surface area contributed by atoms with Crippen molar-refractivity contribution < 1.29 is 18.7 Å². The number of benzene rings is 3. The van der Waals surface area contributed by atoms with E-state index in [1.54, 1.807) is 49.4 Å². The smallest absolute Gasteiger partial charge is 0.259 e. The SMILES string of the molecule is Cc1c(-c2ccccc2)oc2c(C(=O)Nc3ccc(OCC(N)=O)cc3)cccc2c1=O. The molecule has 0 unspecified atom stereocenters. The fourth-order valence-corrected chi connectivity index (χ4v) is 3.34. The van der Waals surface area contributed by atoms with E-state index in [9.17, 15) is 14.4 Å². The minimum atomic E-state index is -0.579. The molecule has 4 aromatic rings. The third kappa shape index (κ3) is 4.22. The highest BCUT2D eigenvalue weighted by Gasteiger charge is 2.18. The van der Waals surface area contributed by atoms with Crippen LogP contribution in [-0.2, 0) is 4.79 Å². The number of carbonyl (C=O) groups is 2. The molecule has 0 aliphatic rings. The number of nitrogens with one attached hydrogen (secondary N) is 1. The van der Waals surface area contributed by atoms with E-state index >= 15 is 0 Å². The molecule has 160 valence electrons. The molecule has 0 aliphatic carbocycles. The van der Waals surface area contributed by atoms with Gasteiger partial charge < -0.3 is 20.2 Å². The summed E-state index contributed by atoms with van der Waals surface area (Å²) in [5.74, 6) is -0.127. The van der Waals surface area contributed by atoms with E-state index in [0.717, 1.165) is 5.56 Å². The number of carbonyl (C=O) groups excluding carboxylic acids is 2. The van der Waals surface area contributed by atoms with Crippen LogP contribution in [-0.4, -0.2) is 18.4 Å². The van der Waals surface area contributed by atoms with E-state index in [1.807, 2.05) is 30.3 Å². The number of hydrogen-bond acceptors (Lipinski definition) is 5. The summed E-state index contributed by atoms with van der Waals surface area (Å²) in [6, 6.07) is 20.7. The maximum Gasteiger partial charge on any atom is 0.259 e. The van der Waals surface area contributed by atoms with Gasteiger partial charge in [0.2, 0.25) is 0 Å². The lowest BCUT2D eigenvalue weighted by atomic mass is 10.0. The Balaban J connectivity index is 1.68. The highest BCUT2D eigenvalue weighted by atomic mass is 16.5. The second kappa shape index (κ2) is 8.77. The van der Waals surface area contributed by atoms with Gasteiger partial charge in [-0.3, -0.25) is 14.4 Å². The molecule has 0 aliphatic heterocycles. The van der Waals surface area contributed by atoms with Crippen LogP contribution in [0.2, 0.25) is 0 Å². The van der Waals surface area contributed by atoms with Crippen LogP contribution in [0.3, 0.4) is 0 Å². The molecule has 7 heteroatoms. The Labute approximate surface area is 183 Å². The van der Waals surface area contributed by atoms with Crippen LogP contribution < -0.4 is 21.2 Å². The van der Waals surface area contributed by atoms with E-state index in [-0.39, 0.29) is 23.2 Å². The first kappa shape index (κ1) is 20.9. The maximum absolute atomic E-state index is 13.0. The molecule has 0 bridgehead atoms. The van der Waals surface area contributed by atoms with Gasteiger partial charge in [-0.05, 0) is 43.3 Å². The first-order valence-corrected chi connectivity index (χ1v) is 9.88. The van der Waals surface area contributed by atoms with Gasteiger partial charge in [0.05, 0.1) is 10.9 Å². The highest BCUT2D eigenvalue weighted by molar-refractivity contribution is 6.11. The van der Waals surface area contributed by atoms with Crippen molar-refractivity contribution in [1.82, 2.24) is 0 Å². The normalized spacial score (nSPS) is 10.7. The Morgan fingerprint density at radius 2 is 1.69 bits per heavy atom. The van der Waals surface area contributed by atoms with Gasteiger partial charge in [0.25, 0.3) is 11.8 Å². The molecule has 0 radical (unpaired) electrons. The standard InChI is InChI=1S/C25H20N2O5/c1-15-22(29)19-8-5-9-20(24(19)32-23(15)16-6-3-2-4-7-16)25(30)27-17-10-12-18(13-11-17)31-14-21(26)28/h2-13H,14H2,1H3,(H2,26,28)(H,27,30). The summed E-state index contributed by atoms with van der Waals surface area (Å²) >= 11 is 0. The number of anilines is 1. The molecule has 0 spiro atoms. The number of amides is 2. The van der Waals surface area contributed by atoms with Gasteiger partial charge in [-0.2, -0.15) is 0 Å². The van der Waals surface area contributed by atoms with Gasteiger partial charge in [-0.15, -0.1) is 0 Å². The summed E-state index contributed by atoms with van der Waals surface area (Å²) < 4.78 is 11.3. The Kier molecular flexibility index (Phi) is 5.72. The monoisotopic (exact) mass is 428 g/mol. The number of primary amides is 1. The summed E-state index contributed by atoms with van der Waals surface area (Å²) in [4.78, 5) is 36.8. The molecule has 0 saturated heterocycles. The molecule has 2 amide bonds. The van der Waals surface area contributed by atoms with E-state index in [4.69, 9.17) is 14.9 Å². The molecule has 0 atom stereocenters. The van der Waals surface area contributed by atoms with Gasteiger partial charge in [0.1, 0.15) is 11.5 Å². The van der Waals surface area contributed by atoms with Crippen molar-refractivity contribution in [3.8, 4) is 17.1 Å². The third-order valence-corrected chi connectivity index (χ3v) is 4.92. The molecule has 3 aromatic carbocycles. The lowest BCUT2D eigenvalue weighted by Crippen LogP contribution is -2.20. The summed E-state index contributed by atoms with van der Waals surface area (Å²) in [5.41, 5.74) is 7.09. The highest BCUT2D eigenvalue weighted by Crippen LogP contribution is 2.28. The minimum absolute atomic E-state index is 0.185. The first-order valence-electron chi connectivity index (χ1n) is 9.88.